The molecule has 0 saturated carbocycles. The Hall–Kier alpha value is -1.21. The summed E-state index contributed by atoms with van der Waals surface area (Å²) >= 11 is 17.4. The van der Waals surface area contributed by atoms with Crippen LogP contribution in [-0.2, 0) is 0 Å². The molecule has 0 saturated heterocycles. The summed E-state index contributed by atoms with van der Waals surface area (Å²) in [4.78, 5) is 8.61. The zero-order valence-corrected chi connectivity index (χ0v) is 17.1. The van der Waals surface area contributed by atoms with Gasteiger partial charge in [-0.1, -0.05) is 80.5 Å². The number of fused-ring (bicyclic) bond motifs is 1. The van der Waals surface area contributed by atoms with Gasteiger partial charge in [-0.15, -0.1) is 12.6 Å². The van der Waals surface area contributed by atoms with Crippen molar-refractivity contribution in [3.05, 3.63) is 74.2 Å². The summed E-state index contributed by atoms with van der Waals surface area (Å²) in [6.07, 6.45) is 0. The molecule has 24 heavy (non-hydrogen) atoms. The van der Waals surface area contributed by atoms with Crippen molar-refractivity contribution >= 4 is 67.4 Å². The molecular weight excluding hydrogens is 468 g/mol. The number of rotatable bonds is 2. The molecule has 6 heteroatoms. The highest BCUT2D eigenvalue weighted by Crippen LogP contribution is 2.39. The van der Waals surface area contributed by atoms with E-state index in [1.54, 1.807) is 0 Å². The molecular formula is C18H10Br2N2S2. The van der Waals surface area contributed by atoms with Crippen LogP contribution in [0, 0.1) is 0 Å². The van der Waals surface area contributed by atoms with E-state index >= 15 is 0 Å². The van der Waals surface area contributed by atoms with Gasteiger partial charge in [0.15, 0.2) is 0 Å². The Morgan fingerprint density at radius 2 is 1.46 bits per heavy atom. The molecule has 1 aliphatic rings. The number of hydrogen-bond donors (Lipinski definition) is 2. The van der Waals surface area contributed by atoms with Crippen molar-refractivity contribution in [3.8, 4) is 11.3 Å². The number of thiocarbonyl (C=S) groups is 1. The summed E-state index contributed by atoms with van der Waals surface area (Å²) in [5.74, 6) is 0. The second-order valence-electron chi connectivity index (χ2n) is 5.32. The Balaban J connectivity index is 1.95. The Morgan fingerprint density at radius 1 is 0.875 bits per heavy atom. The number of benzene rings is 2. The van der Waals surface area contributed by atoms with E-state index in [1.807, 2.05) is 48.5 Å². The zero-order chi connectivity index (χ0) is 16.8. The molecule has 2 heterocycles. The van der Waals surface area contributed by atoms with Crippen LogP contribution in [-0.4, -0.2) is 15.7 Å². The van der Waals surface area contributed by atoms with E-state index in [-0.39, 0.29) is 0 Å². The fourth-order valence-electron chi connectivity index (χ4n) is 2.86. The molecule has 0 radical (unpaired) electrons. The highest BCUT2D eigenvalue weighted by Gasteiger charge is 2.31. The van der Waals surface area contributed by atoms with Crippen molar-refractivity contribution in [2.24, 2.45) is 4.99 Å². The van der Waals surface area contributed by atoms with E-state index < -0.39 is 0 Å². The third kappa shape index (κ3) is 2.52. The van der Waals surface area contributed by atoms with Crippen LogP contribution in [0.5, 0.6) is 0 Å². The van der Waals surface area contributed by atoms with Gasteiger partial charge in [-0.2, -0.15) is 0 Å². The SMILES string of the molecule is S=C1N=C(c2ccccc2Br)c2c(S)[nH]c(-c3ccccc3Br)c21. The number of H-pyrrole nitrogens is 1. The van der Waals surface area contributed by atoms with Gasteiger partial charge in [-0.05, 0) is 12.1 Å². The van der Waals surface area contributed by atoms with Crippen molar-refractivity contribution in [2.45, 2.75) is 5.03 Å². The van der Waals surface area contributed by atoms with Crippen LogP contribution >= 0.6 is 56.7 Å². The maximum absolute atomic E-state index is 5.57. The maximum Gasteiger partial charge on any atom is 0.137 e. The summed E-state index contributed by atoms with van der Waals surface area (Å²) in [6, 6.07) is 16.0. The van der Waals surface area contributed by atoms with Gasteiger partial charge in [0.05, 0.1) is 16.4 Å². The van der Waals surface area contributed by atoms with E-state index in [0.717, 1.165) is 47.6 Å². The number of thiol groups is 1. The highest BCUT2D eigenvalue weighted by atomic mass is 79.9. The predicted octanol–water partition coefficient (Wildman–Crippen LogP) is 6.02. The summed E-state index contributed by atoms with van der Waals surface area (Å²) in [7, 11) is 0. The van der Waals surface area contributed by atoms with Gasteiger partial charge in [0.2, 0.25) is 0 Å². The summed E-state index contributed by atoms with van der Waals surface area (Å²) < 4.78 is 1.98. The van der Waals surface area contributed by atoms with Gasteiger partial charge < -0.3 is 4.98 Å². The summed E-state index contributed by atoms with van der Waals surface area (Å²) in [5.41, 5.74) is 5.74. The van der Waals surface area contributed by atoms with Crippen LogP contribution in [0.2, 0.25) is 0 Å². The first-order valence-corrected chi connectivity index (χ1v) is 9.60. The molecule has 0 aliphatic carbocycles. The van der Waals surface area contributed by atoms with Crippen LogP contribution in [0.4, 0.5) is 0 Å². The predicted molar refractivity (Wildman–Crippen MR) is 113 cm³/mol. The molecule has 118 valence electrons. The quantitative estimate of drug-likeness (QED) is 0.342. The molecule has 2 aromatic carbocycles. The van der Waals surface area contributed by atoms with E-state index in [9.17, 15) is 0 Å². The minimum atomic E-state index is 0.582. The van der Waals surface area contributed by atoms with E-state index in [0.29, 0.717) is 4.99 Å². The molecule has 0 fully saturated rings. The lowest BCUT2D eigenvalue weighted by Gasteiger charge is -2.04. The zero-order valence-electron chi connectivity index (χ0n) is 12.2. The fraction of sp³-hybridized carbons (Fsp3) is 0. The monoisotopic (exact) mass is 476 g/mol. The second-order valence-corrected chi connectivity index (χ2v) is 7.87. The minimum absolute atomic E-state index is 0.582. The van der Waals surface area contributed by atoms with Crippen molar-refractivity contribution < 1.29 is 0 Å². The Kier molecular flexibility index (Phi) is 4.24. The van der Waals surface area contributed by atoms with Crippen LogP contribution in [0.15, 0.2) is 67.5 Å². The minimum Gasteiger partial charge on any atom is -0.349 e. The largest absolute Gasteiger partial charge is 0.349 e. The van der Waals surface area contributed by atoms with Gasteiger partial charge in [0.25, 0.3) is 0 Å². The molecule has 0 amide bonds. The average molecular weight is 478 g/mol. The Bertz CT molecular complexity index is 1020. The second kappa shape index (κ2) is 6.26. The smallest absolute Gasteiger partial charge is 0.137 e. The Labute approximate surface area is 167 Å². The number of nitrogens with zero attached hydrogens (tertiary/aromatic N) is 1. The first kappa shape index (κ1) is 16.3. The lowest BCUT2D eigenvalue weighted by Crippen LogP contribution is -2.01. The van der Waals surface area contributed by atoms with E-state index in [1.165, 1.54) is 0 Å². The van der Waals surface area contributed by atoms with E-state index in [4.69, 9.17) is 12.2 Å². The third-order valence-corrected chi connectivity index (χ3v) is 5.93. The molecule has 1 aromatic heterocycles. The number of aromatic amines is 1. The molecule has 1 N–H and O–H groups in total. The van der Waals surface area contributed by atoms with Crippen molar-refractivity contribution in [1.29, 1.82) is 0 Å². The van der Waals surface area contributed by atoms with Gasteiger partial charge in [-0.25, -0.2) is 4.99 Å². The molecule has 0 unspecified atom stereocenters. The molecule has 0 bridgehead atoms. The van der Waals surface area contributed by atoms with Gasteiger partial charge in [0, 0.05) is 31.2 Å². The topological polar surface area (TPSA) is 28.1 Å². The normalized spacial score (nSPS) is 13.1. The lowest BCUT2D eigenvalue weighted by molar-refractivity contribution is 1.20. The molecule has 1 aliphatic heterocycles. The van der Waals surface area contributed by atoms with Crippen molar-refractivity contribution in [2.75, 3.05) is 0 Å². The van der Waals surface area contributed by atoms with Crippen LogP contribution < -0.4 is 0 Å². The first-order chi connectivity index (χ1) is 11.6. The van der Waals surface area contributed by atoms with Gasteiger partial charge in [0.1, 0.15) is 4.99 Å². The first-order valence-electron chi connectivity index (χ1n) is 7.16. The van der Waals surface area contributed by atoms with E-state index in [2.05, 4.69) is 54.5 Å². The number of halogens is 2. The van der Waals surface area contributed by atoms with Crippen LogP contribution in [0.1, 0.15) is 16.7 Å². The van der Waals surface area contributed by atoms with Crippen molar-refractivity contribution in [1.82, 2.24) is 4.98 Å². The standard InChI is InChI=1S/C18H10Br2N2S2/c19-11-7-3-1-5-9(11)15-13-14(18(24)21-15)16(22-17(13)23)10-6-2-4-8-12(10)20/h1-8,21,24H. The summed E-state index contributed by atoms with van der Waals surface area (Å²) in [5, 5.41) is 0.769. The fourth-order valence-corrected chi connectivity index (χ4v) is 4.44. The molecule has 3 aromatic rings. The van der Waals surface area contributed by atoms with Gasteiger partial charge in [-0.3, -0.25) is 0 Å². The molecule has 2 nitrogen and oxygen atoms in total. The maximum atomic E-state index is 5.57. The Morgan fingerprint density at radius 3 is 2.08 bits per heavy atom. The molecule has 0 spiro atoms. The van der Waals surface area contributed by atoms with Gasteiger partial charge >= 0.3 is 0 Å². The number of aromatic nitrogens is 1. The average Bonchev–Trinajstić information content (AvgIpc) is 3.08. The van der Waals surface area contributed by atoms with Crippen LogP contribution in [0.3, 0.4) is 0 Å². The highest BCUT2D eigenvalue weighted by molar-refractivity contribution is 9.10. The molecule has 4 rings (SSSR count). The van der Waals surface area contributed by atoms with Crippen LogP contribution in [0.25, 0.3) is 11.3 Å². The molecule has 0 atom stereocenters. The number of hydrogen-bond acceptors (Lipinski definition) is 2. The third-order valence-electron chi connectivity index (χ3n) is 3.92. The summed E-state index contributed by atoms with van der Waals surface area (Å²) in [6.45, 7) is 0. The lowest BCUT2D eigenvalue weighted by atomic mass is 10.0. The number of aliphatic imine (C=N–C) groups is 1. The number of nitrogens with one attached hydrogen (secondary N) is 1. The van der Waals surface area contributed by atoms with Crippen molar-refractivity contribution in [3.63, 3.8) is 0 Å².